The van der Waals surface area contributed by atoms with Gasteiger partial charge >= 0.3 is 0 Å². The molecule has 0 atom stereocenters. The van der Waals surface area contributed by atoms with Crippen molar-refractivity contribution in [3.63, 3.8) is 0 Å². The van der Waals surface area contributed by atoms with Crippen molar-refractivity contribution in [3.05, 3.63) is 32.9 Å². The number of aldehydes is 1. The van der Waals surface area contributed by atoms with E-state index >= 15 is 0 Å². The average Bonchev–Trinajstić information content (AvgIpc) is 2.48. The van der Waals surface area contributed by atoms with Crippen molar-refractivity contribution in [2.75, 3.05) is 0 Å². The van der Waals surface area contributed by atoms with Gasteiger partial charge in [-0.15, -0.1) is 0 Å². The highest BCUT2D eigenvalue weighted by Crippen LogP contribution is 2.30. The number of fused-ring (bicyclic) bond motifs is 1. The first-order valence-corrected chi connectivity index (χ1v) is 5.60. The van der Waals surface area contributed by atoms with E-state index in [0.717, 1.165) is 26.2 Å². The Morgan fingerprint density at radius 3 is 2.79 bits per heavy atom. The molecular formula is C10H6Br2O2. The van der Waals surface area contributed by atoms with E-state index in [4.69, 9.17) is 4.42 Å². The first kappa shape index (κ1) is 9.93. The van der Waals surface area contributed by atoms with Crippen LogP contribution in [0.2, 0.25) is 0 Å². The summed E-state index contributed by atoms with van der Waals surface area (Å²) in [6, 6.07) is 5.74. The SMILES string of the molecule is O=CCc1cc2cc(Br)cc(Br)c2o1. The van der Waals surface area contributed by atoms with Crippen LogP contribution in [0.5, 0.6) is 0 Å². The van der Waals surface area contributed by atoms with Gasteiger partial charge in [-0.1, -0.05) is 15.9 Å². The highest BCUT2D eigenvalue weighted by molar-refractivity contribution is 9.11. The average molecular weight is 318 g/mol. The number of furan rings is 1. The van der Waals surface area contributed by atoms with Crippen molar-refractivity contribution in [3.8, 4) is 0 Å². The number of carbonyl (C=O) groups is 1. The monoisotopic (exact) mass is 316 g/mol. The molecule has 0 aliphatic carbocycles. The summed E-state index contributed by atoms with van der Waals surface area (Å²) in [7, 11) is 0. The maximum Gasteiger partial charge on any atom is 0.148 e. The molecule has 0 spiro atoms. The first-order valence-electron chi connectivity index (χ1n) is 4.02. The molecule has 0 aliphatic heterocycles. The Morgan fingerprint density at radius 1 is 1.29 bits per heavy atom. The smallest absolute Gasteiger partial charge is 0.148 e. The van der Waals surface area contributed by atoms with E-state index in [1.807, 2.05) is 18.2 Å². The number of rotatable bonds is 2. The summed E-state index contributed by atoms with van der Waals surface area (Å²) in [5, 5.41) is 0.989. The predicted molar refractivity (Wildman–Crippen MR) is 61.4 cm³/mol. The zero-order valence-electron chi connectivity index (χ0n) is 7.09. The Hall–Kier alpha value is -0.610. The molecule has 0 bridgehead atoms. The number of hydrogen-bond donors (Lipinski definition) is 0. The van der Waals surface area contributed by atoms with Crippen LogP contribution in [0.3, 0.4) is 0 Å². The molecule has 0 unspecified atom stereocenters. The molecule has 0 fully saturated rings. The van der Waals surface area contributed by atoms with Crippen LogP contribution in [0.4, 0.5) is 0 Å². The molecule has 2 nitrogen and oxygen atoms in total. The van der Waals surface area contributed by atoms with Crippen LogP contribution < -0.4 is 0 Å². The van der Waals surface area contributed by atoms with Crippen LogP contribution in [0.1, 0.15) is 5.76 Å². The minimum atomic E-state index is 0.318. The molecule has 1 aromatic heterocycles. The van der Waals surface area contributed by atoms with Gasteiger partial charge in [0.25, 0.3) is 0 Å². The third-order valence-corrected chi connectivity index (χ3v) is 2.92. The van der Waals surface area contributed by atoms with Crippen LogP contribution in [0.15, 0.2) is 31.6 Å². The fourth-order valence-electron chi connectivity index (χ4n) is 1.31. The van der Waals surface area contributed by atoms with E-state index in [0.29, 0.717) is 12.2 Å². The number of hydrogen-bond acceptors (Lipinski definition) is 2. The normalized spacial score (nSPS) is 10.7. The van der Waals surface area contributed by atoms with Gasteiger partial charge in [0, 0.05) is 9.86 Å². The van der Waals surface area contributed by atoms with Crippen molar-refractivity contribution < 1.29 is 9.21 Å². The Labute approximate surface area is 97.5 Å². The Kier molecular flexibility index (Phi) is 2.74. The molecule has 0 saturated heterocycles. The van der Waals surface area contributed by atoms with Gasteiger partial charge in [0.2, 0.25) is 0 Å². The largest absolute Gasteiger partial charge is 0.459 e. The molecule has 2 rings (SSSR count). The number of halogens is 2. The molecule has 1 heterocycles. The van der Waals surface area contributed by atoms with Crippen molar-refractivity contribution in [2.45, 2.75) is 6.42 Å². The lowest BCUT2D eigenvalue weighted by Crippen LogP contribution is -1.78. The van der Waals surface area contributed by atoms with Crippen LogP contribution in [-0.2, 0) is 11.2 Å². The zero-order chi connectivity index (χ0) is 10.1. The zero-order valence-corrected chi connectivity index (χ0v) is 10.3. The molecular weight excluding hydrogens is 312 g/mol. The molecule has 0 N–H and O–H groups in total. The molecule has 1 aromatic carbocycles. The van der Waals surface area contributed by atoms with E-state index in [-0.39, 0.29) is 0 Å². The summed E-state index contributed by atoms with van der Waals surface area (Å²) in [5.74, 6) is 0.689. The van der Waals surface area contributed by atoms with E-state index in [9.17, 15) is 4.79 Å². The summed E-state index contributed by atoms with van der Waals surface area (Å²) in [4.78, 5) is 10.3. The second-order valence-electron chi connectivity index (χ2n) is 2.89. The standard InChI is InChI=1S/C10H6Br2O2/c11-7-3-6-4-8(1-2-13)14-10(6)9(12)5-7/h2-5H,1H2. The minimum Gasteiger partial charge on any atom is -0.459 e. The molecule has 14 heavy (non-hydrogen) atoms. The van der Waals surface area contributed by atoms with Crippen LogP contribution in [-0.4, -0.2) is 6.29 Å². The summed E-state index contributed by atoms with van der Waals surface area (Å²) in [6.45, 7) is 0. The lowest BCUT2D eigenvalue weighted by atomic mass is 10.2. The van der Waals surface area contributed by atoms with E-state index in [1.54, 1.807) is 0 Å². The fraction of sp³-hybridized carbons (Fsp3) is 0.100. The Bertz CT molecular complexity index is 488. The van der Waals surface area contributed by atoms with Crippen LogP contribution >= 0.6 is 31.9 Å². The van der Waals surface area contributed by atoms with Crippen LogP contribution in [0, 0.1) is 0 Å². The lowest BCUT2D eigenvalue weighted by Gasteiger charge is -1.93. The second kappa shape index (κ2) is 3.87. The first-order chi connectivity index (χ1) is 6.70. The lowest BCUT2D eigenvalue weighted by molar-refractivity contribution is -0.107. The summed E-state index contributed by atoms with van der Waals surface area (Å²) in [6.07, 6.45) is 1.15. The molecule has 2 aromatic rings. The summed E-state index contributed by atoms with van der Waals surface area (Å²) >= 11 is 6.79. The van der Waals surface area contributed by atoms with Gasteiger partial charge in [-0.3, -0.25) is 0 Å². The fourth-order valence-corrected chi connectivity index (χ4v) is 2.65. The molecule has 72 valence electrons. The van der Waals surface area contributed by atoms with Gasteiger partial charge < -0.3 is 9.21 Å². The maximum atomic E-state index is 10.3. The van der Waals surface area contributed by atoms with Crippen LogP contribution in [0.25, 0.3) is 11.0 Å². The molecule has 0 radical (unpaired) electrons. The van der Waals surface area contributed by atoms with E-state index < -0.39 is 0 Å². The predicted octanol–water partition coefficient (Wildman–Crippen LogP) is 3.70. The van der Waals surface area contributed by atoms with Gasteiger partial charge in [-0.05, 0) is 34.1 Å². The summed E-state index contributed by atoms with van der Waals surface area (Å²) < 4.78 is 7.37. The van der Waals surface area contributed by atoms with Gasteiger partial charge in [-0.2, -0.15) is 0 Å². The quantitative estimate of drug-likeness (QED) is 0.791. The van der Waals surface area contributed by atoms with Crippen molar-refractivity contribution in [1.82, 2.24) is 0 Å². The summed E-state index contributed by atoms with van der Waals surface area (Å²) in [5.41, 5.74) is 0.782. The second-order valence-corrected chi connectivity index (χ2v) is 4.66. The van der Waals surface area contributed by atoms with E-state index in [1.165, 1.54) is 0 Å². The van der Waals surface area contributed by atoms with E-state index in [2.05, 4.69) is 31.9 Å². The number of carbonyl (C=O) groups excluding carboxylic acids is 1. The molecule has 4 heteroatoms. The molecule has 0 aliphatic rings. The third kappa shape index (κ3) is 1.77. The topological polar surface area (TPSA) is 30.2 Å². The van der Waals surface area contributed by atoms with Crippen molar-refractivity contribution in [1.29, 1.82) is 0 Å². The van der Waals surface area contributed by atoms with Gasteiger partial charge in [-0.25, -0.2) is 0 Å². The Morgan fingerprint density at radius 2 is 2.07 bits per heavy atom. The Balaban J connectivity index is 2.64. The third-order valence-electron chi connectivity index (χ3n) is 1.87. The van der Waals surface area contributed by atoms with Gasteiger partial charge in [0.05, 0.1) is 10.9 Å². The maximum absolute atomic E-state index is 10.3. The number of benzene rings is 1. The minimum absolute atomic E-state index is 0.318. The molecule has 0 saturated carbocycles. The molecule has 0 amide bonds. The van der Waals surface area contributed by atoms with Crippen molar-refractivity contribution in [2.24, 2.45) is 0 Å². The highest BCUT2D eigenvalue weighted by atomic mass is 79.9. The van der Waals surface area contributed by atoms with Crippen molar-refractivity contribution >= 4 is 49.1 Å². The highest BCUT2D eigenvalue weighted by Gasteiger charge is 2.07. The van der Waals surface area contributed by atoms with Gasteiger partial charge in [0.15, 0.2) is 0 Å². The van der Waals surface area contributed by atoms with Gasteiger partial charge in [0.1, 0.15) is 17.6 Å².